The first-order valence-electron chi connectivity index (χ1n) is 5.38. The van der Waals surface area contributed by atoms with Gasteiger partial charge in [-0.15, -0.1) is 0 Å². The van der Waals surface area contributed by atoms with Gasteiger partial charge in [0, 0.05) is 10.9 Å². The smallest absolute Gasteiger partial charge is 0.150 e. The highest BCUT2D eigenvalue weighted by Crippen LogP contribution is 2.28. The van der Waals surface area contributed by atoms with Crippen LogP contribution >= 0.6 is 0 Å². The molecule has 2 nitrogen and oxygen atoms in total. The molecule has 2 heterocycles. The van der Waals surface area contributed by atoms with Gasteiger partial charge in [0.2, 0.25) is 0 Å². The van der Waals surface area contributed by atoms with Crippen LogP contribution in [0.4, 0.5) is 0 Å². The van der Waals surface area contributed by atoms with E-state index in [-0.39, 0.29) is 0 Å². The van der Waals surface area contributed by atoms with Crippen molar-refractivity contribution in [2.24, 2.45) is 0 Å². The summed E-state index contributed by atoms with van der Waals surface area (Å²) in [5, 5.41) is 1.27. The van der Waals surface area contributed by atoms with E-state index in [1.807, 2.05) is 12.1 Å². The van der Waals surface area contributed by atoms with Gasteiger partial charge >= 0.3 is 0 Å². The third-order valence-electron chi connectivity index (χ3n) is 3.01. The van der Waals surface area contributed by atoms with Crippen molar-refractivity contribution in [3.8, 4) is 11.5 Å². The van der Waals surface area contributed by atoms with Crippen LogP contribution in [0.2, 0.25) is 0 Å². The molecule has 16 heavy (non-hydrogen) atoms. The van der Waals surface area contributed by atoms with Crippen LogP contribution in [-0.2, 0) is 0 Å². The van der Waals surface area contributed by atoms with Gasteiger partial charge < -0.3 is 9.40 Å². The lowest BCUT2D eigenvalue weighted by atomic mass is 10.1. The van der Waals surface area contributed by atoms with E-state index in [4.69, 9.17) is 4.42 Å². The number of fused-ring (bicyclic) bond motifs is 1. The number of rotatable bonds is 1. The first-order chi connectivity index (χ1) is 7.75. The van der Waals surface area contributed by atoms with E-state index in [0.717, 1.165) is 11.5 Å². The van der Waals surface area contributed by atoms with Crippen LogP contribution in [0.25, 0.3) is 22.4 Å². The van der Waals surface area contributed by atoms with E-state index in [2.05, 4.69) is 37.0 Å². The Morgan fingerprint density at radius 3 is 2.56 bits per heavy atom. The summed E-state index contributed by atoms with van der Waals surface area (Å²) in [6, 6.07) is 10.3. The lowest BCUT2D eigenvalue weighted by Gasteiger charge is -1.98. The van der Waals surface area contributed by atoms with Crippen molar-refractivity contribution in [1.29, 1.82) is 0 Å². The summed E-state index contributed by atoms with van der Waals surface area (Å²) in [4.78, 5) is 3.41. The fraction of sp³-hybridized carbons (Fsp3) is 0.143. The third-order valence-corrected chi connectivity index (χ3v) is 3.01. The lowest BCUT2D eigenvalue weighted by molar-refractivity contribution is 0.580. The fourth-order valence-electron chi connectivity index (χ4n) is 2.06. The third kappa shape index (κ3) is 1.27. The molecule has 0 fully saturated rings. The molecule has 0 saturated carbocycles. The normalized spacial score (nSPS) is 11.1. The summed E-state index contributed by atoms with van der Waals surface area (Å²) < 4.78 is 5.40. The summed E-state index contributed by atoms with van der Waals surface area (Å²) in [6.45, 7) is 4.24. The molecule has 0 aliphatic heterocycles. The molecule has 2 heteroatoms. The standard InChI is InChI=1S/C14H13NO/c1-9-5-6-10(2)14-11(9)8-12(15-14)13-4-3-7-16-13/h3-8,15H,1-2H3. The average molecular weight is 211 g/mol. The zero-order valence-electron chi connectivity index (χ0n) is 9.37. The van der Waals surface area contributed by atoms with Crippen LogP contribution in [0.3, 0.4) is 0 Å². The molecule has 3 rings (SSSR count). The minimum absolute atomic E-state index is 0.884. The quantitative estimate of drug-likeness (QED) is 0.646. The van der Waals surface area contributed by atoms with Gasteiger partial charge in [0.05, 0.1) is 12.0 Å². The fourth-order valence-corrected chi connectivity index (χ4v) is 2.06. The second kappa shape index (κ2) is 3.27. The Bertz CT molecular complexity index is 593. The molecule has 0 aliphatic carbocycles. The molecule has 80 valence electrons. The number of aromatic nitrogens is 1. The van der Waals surface area contributed by atoms with Crippen LogP contribution in [0.5, 0.6) is 0 Å². The number of nitrogens with one attached hydrogen (secondary N) is 1. The molecule has 0 radical (unpaired) electrons. The second-order valence-electron chi connectivity index (χ2n) is 4.15. The zero-order valence-corrected chi connectivity index (χ0v) is 9.37. The Hall–Kier alpha value is -1.96. The largest absolute Gasteiger partial charge is 0.463 e. The van der Waals surface area contributed by atoms with E-state index in [9.17, 15) is 0 Å². The Balaban J connectivity index is 2.31. The first kappa shape index (κ1) is 9.28. The highest BCUT2D eigenvalue weighted by Gasteiger charge is 2.08. The van der Waals surface area contributed by atoms with Crippen molar-refractivity contribution in [2.75, 3.05) is 0 Å². The van der Waals surface area contributed by atoms with Gasteiger partial charge in [0.1, 0.15) is 5.76 Å². The Labute approximate surface area is 93.9 Å². The van der Waals surface area contributed by atoms with Gasteiger partial charge in [-0.3, -0.25) is 0 Å². The number of hydrogen-bond acceptors (Lipinski definition) is 1. The van der Waals surface area contributed by atoms with Crippen LogP contribution in [-0.4, -0.2) is 4.98 Å². The van der Waals surface area contributed by atoms with E-state index in [0.29, 0.717) is 0 Å². The summed E-state index contributed by atoms with van der Waals surface area (Å²) >= 11 is 0. The number of furan rings is 1. The van der Waals surface area contributed by atoms with Crippen LogP contribution in [0.1, 0.15) is 11.1 Å². The van der Waals surface area contributed by atoms with Crippen LogP contribution in [0, 0.1) is 13.8 Å². The predicted octanol–water partition coefficient (Wildman–Crippen LogP) is 4.04. The monoisotopic (exact) mass is 211 g/mol. The van der Waals surface area contributed by atoms with Crippen LogP contribution < -0.4 is 0 Å². The van der Waals surface area contributed by atoms with Crippen molar-refractivity contribution in [3.63, 3.8) is 0 Å². The average Bonchev–Trinajstić information content (AvgIpc) is 2.90. The maximum absolute atomic E-state index is 5.40. The summed E-state index contributed by atoms with van der Waals surface area (Å²) in [7, 11) is 0. The van der Waals surface area contributed by atoms with Crippen molar-refractivity contribution in [1.82, 2.24) is 4.98 Å². The Morgan fingerprint density at radius 1 is 1.06 bits per heavy atom. The van der Waals surface area contributed by atoms with E-state index in [1.54, 1.807) is 6.26 Å². The molecule has 0 aliphatic rings. The molecular weight excluding hydrogens is 198 g/mol. The lowest BCUT2D eigenvalue weighted by Crippen LogP contribution is -1.79. The Kier molecular flexibility index (Phi) is 1.90. The van der Waals surface area contributed by atoms with Gasteiger partial charge in [-0.05, 0) is 43.2 Å². The molecule has 3 aromatic rings. The zero-order chi connectivity index (χ0) is 11.1. The highest BCUT2D eigenvalue weighted by molar-refractivity contribution is 5.90. The van der Waals surface area contributed by atoms with Gasteiger partial charge in [0.25, 0.3) is 0 Å². The SMILES string of the molecule is Cc1ccc(C)c2[nH]c(-c3ccco3)cc12. The predicted molar refractivity (Wildman–Crippen MR) is 65.5 cm³/mol. The minimum Gasteiger partial charge on any atom is -0.463 e. The van der Waals surface area contributed by atoms with Crippen LogP contribution in [0.15, 0.2) is 41.0 Å². The topological polar surface area (TPSA) is 28.9 Å². The maximum atomic E-state index is 5.40. The first-order valence-corrected chi connectivity index (χ1v) is 5.38. The number of aromatic amines is 1. The highest BCUT2D eigenvalue weighted by atomic mass is 16.3. The van der Waals surface area contributed by atoms with Crippen molar-refractivity contribution in [3.05, 3.63) is 47.7 Å². The molecule has 1 N–H and O–H groups in total. The maximum Gasteiger partial charge on any atom is 0.150 e. The molecule has 0 spiro atoms. The number of H-pyrrole nitrogens is 1. The molecule has 0 bridgehead atoms. The second-order valence-corrected chi connectivity index (χ2v) is 4.15. The molecule has 0 amide bonds. The van der Waals surface area contributed by atoms with E-state index >= 15 is 0 Å². The summed E-state index contributed by atoms with van der Waals surface area (Å²) in [6.07, 6.45) is 1.69. The van der Waals surface area contributed by atoms with Crippen molar-refractivity contribution < 1.29 is 4.42 Å². The van der Waals surface area contributed by atoms with Gasteiger partial charge in [-0.25, -0.2) is 0 Å². The van der Waals surface area contributed by atoms with Crippen molar-refractivity contribution >= 4 is 10.9 Å². The van der Waals surface area contributed by atoms with Gasteiger partial charge in [0.15, 0.2) is 0 Å². The molecule has 1 aromatic carbocycles. The van der Waals surface area contributed by atoms with E-state index in [1.165, 1.54) is 22.0 Å². The number of hydrogen-bond donors (Lipinski definition) is 1. The minimum atomic E-state index is 0.884. The summed E-state index contributed by atoms with van der Waals surface area (Å²) in [5.74, 6) is 0.884. The molecule has 0 unspecified atom stereocenters. The Morgan fingerprint density at radius 2 is 1.88 bits per heavy atom. The number of aryl methyl sites for hydroxylation is 2. The van der Waals surface area contributed by atoms with Gasteiger partial charge in [-0.2, -0.15) is 0 Å². The summed E-state index contributed by atoms with van der Waals surface area (Å²) in [5.41, 5.74) is 4.79. The van der Waals surface area contributed by atoms with E-state index < -0.39 is 0 Å². The molecule has 0 saturated heterocycles. The molecule has 0 atom stereocenters. The molecular formula is C14H13NO. The molecule has 2 aromatic heterocycles. The van der Waals surface area contributed by atoms with Gasteiger partial charge in [-0.1, -0.05) is 12.1 Å². The van der Waals surface area contributed by atoms with Crippen molar-refractivity contribution in [2.45, 2.75) is 13.8 Å². The number of benzene rings is 1.